The molecule has 1 N–H and O–H groups in total. The molecule has 0 bridgehead atoms. The van der Waals surface area contributed by atoms with Gasteiger partial charge in [-0.2, -0.15) is 5.10 Å². The number of pyridine rings is 1. The second-order valence-corrected chi connectivity index (χ2v) is 7.47. The third kappa shape index (κ3) is 4.42. The molecule has 0 aromatic carbocycles. The molecule has 2 aromatic rings. The van der Waals surface area contributed by atoms with Gasteiger partial charge in [0.15, 0.2) is 0 Å². The number of aryl methyl sites for hydroxylation is 2. The van der Waals surface area contributed by atoms with E-state index < -0.39 is 0 Å². The standard InChI is InChI=1S/C20H29N5O/c1-15(2)10-13-25-19(14-16(3)23-25)22-20(26)24-12-7-5-9-18(24)17-8-4-6-11-21-17/h4,6,8,11,14-15,18H,5,7,9-10,12-13H2,1-3H3,(H,22,26). The smallest absolute Gasteiger partial charge is 0.316 e. The quantitative estimate of drug-likeness (QED) is 0.865. The second-order valence-electron chi connectivity index (χ2n) is 7.47. The first kappa shape index (κ1) is 18.4. The van der Waals surface area contributed by atoms with E-state index in [0.717, 1.165) is 56.0 Å². The van der Waals surface area contributed by atoms with Crippen molar-refractivity contribution in [3.05, 3.63) is 41.9 Å². The van der Waals surface area contributed by atoms with E-state index in [1.54, 1.807) is 6.20 Å². The largest absolute Gasteiger partial charge is 0.323 e. The lowest BCUT2D eigenvalue weighted by Gasteiger charge is -2.35. The Morgan fingerprint density at radius 2 is 2.19 bits per heavy atom. The van der Waals surface area contributed by atoms with E-state index in [1.807, 2.05) is 40.8 Å². The molecule has 0 spiro atoms. The molecular formula is C20H29N5O. The van der Waals surface area contributed by atoms with Crippen molar-refractivity contribution in [2.75, 3.05) is 11.9 Å². The Bertz CT molecular complexity index is 725. The monoisotopic (exact) mass is 355 g/mol. The van der Waals surface area contributed by atoms with Crippen LogP contribution in [0.2, 0.25) is 0 Å². The van der Waals surface area contributed by atoms with Crippen LogP contribution in [0.5, 0.6) is 0 Å². The van der Waals surface area contributed by atoms with Crippen LogP contribution in [-0.4, -0.2) is 32.2 Å². The van der Waals surface area contributed by atoms with Crippen molar-refractivity contribution in [2.45, 2.75) is 59.0 Å². The number of likely N-dealkylation sites (tertiary alicyclic amines) is 1. The van der Waals surface area contributed by atoms with Crippen molar-refractivity contribution in [2.24, 2.45) is 5.92 Å². The number of rotatable bonds is 5. The third-order valence-corrected chi connectivity index (χ3v) is 4.85. The second kappa shape index (κ2) is 8.34. The van der Waals surface area contributed by atoms with Crippen molar-refractivity contribution < 1.29 is 4.79 Å². The van der Waals surface area contributed by atoms with Crippen molar-refractivity contribution in [1.29, 1.82) is 0 Å². The van der Waals surface area contributed by atoms with Crippen LogP contribution in [0, 0.1) is 12.8 Å². The van der Waals surface area contributed by atoms with E-state index in [1.165, 1.54) is 0 Å². The van der Waals surface area contributed by atoms with Crippen LogP contribution in [0.3, 0.4) is 0 Å². The van der Waals surface area contributed by atoms with Crippen LogP contribution in [-0.2, 0) is 6.54 Å². The zero-order valence-electron chi connectivity index (χ0n) is 16.0. The summed E-state index contributed by atoms with van der Waals surface area (Å²) in [6, 6.07) is 7.82. The molecule has 0 aliphatic carbocycles. The van der Waals surface area contributed by atoms with Crippen molar-refractivity contribution >= 4 is 11.8 Å². The fraction of sp³-hybridized carbons (Fsp3) is 0.550. The molecular weight excluding hydrogens is 326 g/mol. The summed E-state index contributed by atoms with van der Waals surface area (Å²) in [5.74, 6) is 1.37. The van der Waals surface area contributed by atoms with Gasteiger partial charge < -0.3 is 4.90 Å². The molecule has 2 amide bonds. The van der Waals surface area contributed by atoms with Crippen LogP contribution >= 0.6 is 0 Å². The number of urea groups is 1. The number of amides is 2. The number of hydrogen-bond acceptors (Lipinski definition) is 3. The summed E-state index contributed by atoms with van der Waals surface area (Å²) in [5, 5.41) is 7.61. The number of anilines is 1. The average molecular weight is 355 g/mol. The van der Waals surface area contributed by atoms with Crippen LogP contribution in [0.4, 0.5) is 10.6 Å². The normalized spacial score (nSPS) is 17.5. The Morgan fingerprint density at radius 3 is 2.92 bits per heavy atom. The highest BCUT2D eigenvalue weighted by Gasteiger charge is 2.29. The molecule has 0 radical (unpaired) electrons. The zero-order valence-corrected chi connectivity index (χ0v) is 16.0. The molecule has 1 unspecified atom stereocenters. The first-order valence-corrected chi connectivity index (χ1v) is 9.57. The molecule has 1 aliphatic heterocycles. The van der Waals surface area contributed by atoms with E-state index in [9.17, 15) is 4.79 Å². The average Bonchev–Trinajstić information content (AvgIpc) is 3.00. The van der Waals surface area contributed by atoms with Crippen LogP contribution in [0.15, 0.2) is 30.5 Å². The van der Waals surface area contributed by atoms with E-state index in [0.29, 0.717) is 5.92 Å². The van der Waals surface area contributed by atoms with Gasteiger partial charge in [-0.3, -0.25) is 10.3 Å². The number of aromatic nitrogens is 3. The van der Waals surface area contributed by atoms with Crippen molar-refractivity contribution in [1.82, 2.24) is 19.7 Å². The number of nitrogens with zero attached hydrogens (tertiary/aromatic N) is 4. The molecule has 26 heavy (non-hydrogen) atoms. The lowest BCUT2D eigenvalue weighted by Crippen LogP contribution is -2.41. The first-order chi connectivity index (χ1) is 12.5. The molecule has 0 saturated carbocycles. The topological polar surface area (TPSA) is 63.1 Å². The summed E-state index contributed by atoms with van der Waals surface area (Å²) >= 11 is 0. The summed E-state index contributed by atoms with van der Waals surface area (Å²) in [5.41, 5.74) is 1.89. The predicted molar refractivity (Wildman–Crippen MR) is 103 cm³/mol. The minimum Gasteiger partial charge on any atom is -0.316 e. The highest BCUT2D eigenvalue weighted by molar-refractivity contribution is 5.88. The van der Waals surface area contributed by atoms with Gasteiger partial charge in [-0.15, -0.1) is 0 Å². The molecule has 3 rings (SSSR count). The van der Waals surface area contributed by atoms with Gasteiger partial charge in [0.25, 0.3) is 0 Å². The van der Waals surface area contributed by atoms with E-state index in [2.05, 4.69) is 29.2 Å². The van der Waals surface area contributed by atoms with E-state index in [-0.39, 0.29) is 12.1 Å². The van der Waals surface area contributed by atoms with Gasteiger partial charge in [-0.25, -0.2) is 9.48 Å². The van der Waals surface area contributed by atoms with Gasteiger partial charge in [0.1, 0.15) is 5.82 Å². The Morgan fingerprint density at radius 1 is 1.35 bits per heavy atom. The number of nitrogens with one attached hydrogen (secondary N) is 1. The Kier molecular flexibility index (Phi) is 5.91. The summed E-state index contributed by atoms with van der Waals surface area (Å²) < 4.78 is 1.91. The maximum Gasteiger partial charge on any atom is 0.323 e. The summed E-state index contributed by atoms with van der Waals surface area (Å²) in [6.07, 6.45) is 5.93. The van der Waals surface area contributed by atoms with Crippen LogP contribution in [0.1, 0.15) is 57.0 Å². The molecule has 2 aromatic heterocycles. The maximum absolute atomic E-state index is 13.0. The predicted octanol–water partition coefficient (Wildman–Crippen LogP) is 4.39. The number of hydrogen-bond donors (Lipinski definition) is 1. The Balaban J connectivity index is 1.74. The summed E-state index contributed by atoms with van der Waals surface area (Å²) in [4.78, 5) is 19.4. The molecule has 3 heterocycles. The molecule has 1 fully saturated rings. The molecule has 1 saturated heterocycles. The van der Waals surface area contributed by atoms with Gasteiger partial charge in [-0.1, -0.05) is 19.9 Å². The molecule has 6 heteroatoms. The Hall–Kier alpha value is -2.37. The third-order valence-electron chi connectivity index (χ3n) is 4.85. The highest BCUT2D eigenvalue weighted by Crippen LogP contribution is 2.30. The lowest BCUT2D eigenvalue weighted by atomic mass is 9.99. The Labute approximate surface area is 155 Å². The first-order valence-electron chi connectivity index (χ1n) is 9.57. The van der Waals surface area contributed by atoms with Gasteiger partial charge in [0.2, 0.25) is 0 Å². The minimum absolute atomic E-state index is 0.0399. The maximum atomic E-state index is 13.0. The molecule has 140 valence electrons. The van der Waals surface area contributed by atoms with Crippen molar-refractivity contribution in [3.8, 4) is 0 Å². The van der Waals surface area contributed by atoms with Crippen LogP contribution in [0.25, 0.3) is 0 Å². The van der Waals surface area contributed by atoms with Crippen LogP contribution < -0.4 is 5.32 Å². The van der Waals surface area contributed by atoms with Gasteiger partial charge in [0, 0.05) is 25.4 Å². The van der Waals surface area contributed by atoms with E-state index >= 15 is 0 Å². The highest BCUT2D eigenvalue weighted by atomic mass is 16.2. The zero-order chi connectivity index (χ0) is 18.5. The lowest BCUT2D eigenvalue weighted by molar-refractivity contribution is 0.161. The molecule has 6 nitrogen and oxygen atoms in total. The number of piperidine rings is 1. The number of carbonyl (C=O) groups is 1. The fourth-order valence-corrected chi connectivity index (χ4v) is 3.43. The van der Waals surface area contributed by atoms with E-state index in [4.69, 9.17) is 0 Å². The van der Waals surface area contributed by atoms with Gasteiger partial charge in [-0.05, 0) is 50.7 Å². The molecule has 1 atom stereocenters. The molecule has 1 aliphatic rings. The van der Waals surface area contributed by atoms with Crippen molar-refractivity contribution in [3.63, 3.8) is 0 Å². The van der Waals surface area contributed by atoms with Gasteiger partial charge in [0.05, 0.1) is 17.4 Å². The summed E-state index contributed by atoms with van der Waals surface area (Å²) in [6.45, 7) is 7.91. The van der Waals surface area contributed by atoms with Gasteiger partial charge >= 0.3 is 6.03 Å². The fourth-order valence-electron chi connectivity index (χ4n) is 3.43. The minimum atomic E-state index is -0.0638. The number of carbonyl (C=O) groups excluding carboxylic acids is 1. The summed E-state index contributed by atoms with van der Waals surface area (Å²) in [7, 11) is 0. The SMILES string of the molecule is Cc1cc(NC(=O)N2CCCCC2c2ccccn2)n(CCC(C)C)n1.